The van der Waals surface area contributed by atoms with Crippen molar-refractivity contribution in [3.63, 3.8) is 0 Å². The van der Waals surface area contributed by atoms with Crippen LogP contribution >= 0.6 is 15.9 Å². The molecule has 20 heavy (non-hydrogen) atoms. The molecule has 0 fully saturated rings. The van der Waals surface area contributed by atoms with E-state index in [-0.39, 0.29) is 0 Å². The summed E-state index contributed by atoms with van der Waals surface area (Å²) in [7, 11) is 0. The summed E-state index contributed by atoms with van der Waals surface area (Å²) in [5.74, 6) is 1.72. The number of nitrogens with one attached hydrogen (secondary N) is 1. The Hall–Kier alpha value is -1.42. The molecule has 106 valence electrons. The standard InChI is InChI=1S/C16H20BrN3/c1-5-8-18-15-11(3)12(4)19-16(20-15)13-6-7-14(17)10(2)9-13/h6-7,9H,5,8H2,1-4H3,(H,18,19,20). The van der Waals surface area contributed by atoms with Gasteiger partial charge in [-0.25, -0.2) is 9.97 Å². The Kier molecular flexibility index (Phi) is 4.76. The van der Waals surface area contributed by atoms with Gasteiger partial charge in [0.25, 0.3) is 0 Å². The van der Waals surface area contributed by atoms with Crippen LogP contribution in [0, 0.1) is 20.8 Å². The molecule has 1 N–H and O–H groups in total. The summed E-state index contributed by atoms with van der Waals surface area (Å²) in [5.41, 5.74) is 4.38. The largest absolute Gasteiger partial charge is 0.370 e. The van der Waals surface area contributed by atoms with Gasteiger partial charge in [-0.3, -0.25) is 0 Å². The highest BCUT2D eigenvalue weighted by molar-refractivity contribution is 9.10. The molecular formula is C16H20BrN3. The number of benzene rings is 1. The lowest BCUT2D eigenvalue weighted by Crippen LogP contribution is -2.07. The molecule has 0 spiro atoms. The number of anilines is 1. The van der Waals surface area contributed by atoms with Crippen LogP contribution in [0.2, 0.25) is 0 Å². The van der Waals surface area contributed by atoms with Crippen LogP contribution in [-0.2, 0) is 0 Å². The zero-order valence-electron chi connectivity index (χ0n) is 12.4. The van der Waals surface area contributed by atoms with Crippen LogP contribution in [0.25, 0.3) is 11.4 Å². The van der Waals surface area contributed by atoms with Crippen molar-refractivity contribution in [2.24, 2.45) is 0 Å². The third kappa shape index (κ3) is 3.18. The van der Waals surface area contributed by atoms with Gasteiger partial charge in [0.1, 0.15) is 5.82 Å². The van der Waals surface area contributed by atoms with Crippen molar-refractivity contribution < 1.29 is 0 Å². The molecule has 0 amide bonds. The fourth-order valence-electron chi connectivity index (χ4n) is 1.96. The zero-order valence-corrected chi connectivity index (χ0v) is 14.0. The fourth-order valence-corrected chi connectivity index (χ4v) is 2.20. The Morgan fingerprint density at radius 1 is 1.15 bits per heavy atom. The molecule has 0 saturated heterocycles. The first-order valence-corrected chi connectivity index (χ1v) is 7.68. The van der Waals surface area contributed by atoms with Crippen molar-refractivity contribution in [1.82, 2.24) is 9.97 Å². The molecule has 3 nitrogen and oxygen atoms in total. The third-order valence-corrected chi connectivity index (χ3v) is 4.24. The van der Waals surface area contributed by atoms with Gasteiger partial charge < -0.3 is 5.32 Å². The molecular weight excluding hydrogens is 314 g/mol. The molecule has 1 aromatic heterocycles. The van der Waals surface area contributed by atoms with E-state index < -0.39 is 0 Å². The van der Waals surface area contributed by atoms with Crippen LogP contribution in [0.1, 0.15) is 30.2 Å². The summed E-state index contributed by atoms with van der Waals surface area (Å²) < 4.78 is 1.11. The van der Waals surface area contributed by atoms with Crippen molar-refractivity contribution in [3.05, 3.63) is 39.5 Å². The van der Waals surface area contributed by atoms with Gasteiger partial charge in [-0.1, -0.05) is 28.9 Å². The van der Waals surface area contributed by atoms with Gasteiger partial charge in [0.2, 0.25) is 0 Å². The third-order valence-electron chi connectivity index (χ3n) is 3.35. The quantitative estimate of drug-likeness (QED) is 0.884. The molecule has 2 rings (SSSR count). The summed E-state index contributed by atoms with van der Waals surface area (Å²) in [6, 6.07) is 6.20. The van der Waals surface area contributed by atoms with Crippen molar-refractivity contribution in [2.45, 2.75) is 34.1 Å². The maximum Gasteiger partial charge on any atom is 0.161 e. The highest BCUT2D eigenvalue weighted by Gasteiger charge is 2.10. The number of aryl methyl sites for hydroxylation is 2. The predicted molar refractivity (Wildman–Crippen MR) is 88.2 cm³/mol. The minimum absolute atomic E-state index is 0.780. The van der Waals surface area contributed by atoms with Gasteiger partial charge in [-0.05, 0) is 44.9 Å². The highest BCUT2D eigenvalue weighted by atomic mass is 79.9. The minimum Gasteiger partial charge on any atom is -0.370 e. The SMILES string of the molecule is CCCNc1nc(-c2ccc(Br)c(C)c2)nc(C)c1C. The Morgan fingerprint density at radius 2 is 1.90 bits per heavy atom. The minimum atomic E-state index is 0.780. The topological polar surface area (TPSA) is 37.8 Å². The van der Waals surface area contributed by atoms with Crippen molar-refractivity contribution >= 4 is 21.7 Å². The van der Waals surface area contributed by atoms with Gasteiger partial charge in [-0.15, -0.1) is 0 Å². The fraction of sp³-hybridized carbons (Fsp3) is 0.375. The summed E-state index contributed by atoms with van der Waals surface area (Å²) in [6.45, 7) is 9.24. The Bertz CT molecular complexity index is 623. The molecule has 1 aromatic carbocycles. The maximum absolute atomic E-state index is 4.67. The van der Waals surface area contributed by atoms with Crippen molar-refractivity contribution in [3.8, 4) is 11.4 Å². The molecule has 0 bridgehead atoms. The van der Waals surface area contributed by atoms with Gasteiger partial charge in [0.05, 0.1) is 0 Å². The van der Waals surface area contributed by atoms with E-state index in [2.05, 4.69) is 58.1 Å². The molecule has 2 aromatic rings. The number of aromatic nitrogens is 2. The van der Waals surface area contributed by atoms with E-state index in [0.29, 0.717) is 0 Å². The van der Waals surface area contributed by atoms with E-state index in [1.807, 2.05) is 19.1 Å². The lowest BCUT2D eigenvalue weighted by atomic mass is 10.1. The lowest BCUT2D eigenvalue weighted by Gasteiger charge is -2.12. The Labute approximate surface area is 129 Å². The van der Waals surface area contributed by atoms with Gasteiger partial charge in [0, 0.05) is 27.8 Å². The average Bonchev–Trinajstić information content (AvgIpc) is 2.43. The molecule has 0 aliphatic carbocycles. The van der Waals surface area contributed by atoms with Crippen LogP contribution in [-0.4, -0.2) is 16.5 Å². The molecule has 0 saturated carbocycles. The number of nitrogens with zero attached hydrogens (tertiary/aromatic N) is 2. The van der Waals surface area contributed by atoms with E-state index >= 15 is 0 Å². The molecule has 1 heterocycles. The Morgan fingerprint density at radius 3 is 2.55 bits per heavy atom. The molecule has 0 unspecified atom stereocenters. The Balaban J connectivity index is 2.45. The summed E-state index contributed by atoms with van der Waals surface area (Å²) in [4.78, 5) is 9.29. The first-order chi connectivity index (χ1) is 9.52. The lowest BCUT2D eigenvalue weighted by molar-refractivity contribution is 0.954. The van der Waals surface area contributed by atoms with Gasteiger partial charge >= 0.3 is 0 Å². The highest BCUT2D eigenvalue weighted by Crippen LogP contribution is 2.25. The van der Waals surface area contributed by atoms with Crippen LogP contribution < -0.4 is 5.32 Å². The van der Waals surface area contributed by atoms with Crippen LogP contribution in [0.15, 0.2) is 22.7 Å². The van der Waals surface area contributed by atoms with Crippen molar-refractivity contribution in [1.29, 1.82) is 0 Å². The molecule has 4 heteroatoms. The van der Waals surface area contributed by atoms with Crippen molar-refractivity contribution in [2.75, 3.05) is 11.9 Å². The summed E-state index contributed by atoms with van der Waals surface area (Å²) in [6.07, 6.45) is 1.08. The first kappa shape index (κ1) is 15.0. The van der Waals surface area contributed by atoms with Gasteiger partial charge in [0.15, 0.2) is 5.82 Å². The average molecular weight is 334 g/mol. The van der Waals surface area contributed by atoms with E-state index in [4.69, 9.17) is 0 Å². The van der Waals surface area contributed by atoms with Crippen LogP contribution in [0.5, 0.6) is 0 Å². The maximum atomic E-state index is 4.67. The molecule has 0 aliphatic heterocycles. The van der Waals surface area contributed by atoms with Crippen LogP contribution in [0.4, 0.5) is 5.82 Å². The number of hydrogen-bond donors (Lipinski definition) is 1. The predicted octanol–water partition coefficient (Wildman–Crippen LogP) is 4.65. The molecule has 0 atom stereocenters. The second-order valence-corrected chi connectivity index (χ2v) is 5.85. The monoisotopic (exact) mass is 333 g/mol. The second-order valence-electron chi connectivity index (χ2n) is 5.00. The summed E-state index contributed by atoms with van der Waals surface area (Å²) in [5, 5.41) is 3.38. The second kappa shape index (κ2) is 6.35. The van der Waals surface area contributed by atoms with E-state index in [0.717, 1.165) is 45.9 Å². The van der Waals surface area contributed by atoms with Crippen LogP contribution in [0.3, 0.4) is 0 Å². The smallest absolute Gasteiger partial charge is 0.161 e. The number of hydrogen-bond acceptors (Lipinski definition) is 3. The van der Waals surface area contributed by atoms with E-state index in [9.17, 15) is 0 Å². The normalized spacial score (nSPS) is 10.7. The summed E-state index contributed by atoms with van der Waals surface area (Å²) >= 11 is 3.52. The van der Waals surface area contributed by atoms with Gasteiger partial charge in [-0.2, -0.15) is 0 Å². The van der Waals surface area contributed by atoms with E-state index in [1.165, 1.54) is 5.56 Å². The number of rotatable bonds is 4. The molecule has 0 radical (unpaired) electrons. The first-order valence-electron chi connectivity index (χ1n) is 6.88. The zero-order chi connectivity index (χ0) is 14.7. The molecule has 0 aliphatic rings. The number of halogens is 1. The van der Waals surface area contributed by atoms with E-state index in [1.54, 1.807) is 0 Å².